The normalized spacial score (nSPS) is 14.0. The van der Waals surface area contributed by atoms with Crippen LogP contribution in [0.5, 0.6) is 0 Å². The fourth-order valence-electron chi connectivity index (χ4n) is 2.63. The summed E-state index contributed by atoms with van der Waals surface area (Å²) in [6.45, 7) is 2.26. The van der Waals surface area contributed by atoms with E-state index in [1.165, 1.54) is 64.2 Å². The van der Waals surface area contributed by atoms with Crippen LogP contribution in [0.4, 0.5) is 0 Å². The Morgan fingerprint density at radius 1 is 0.773 bits per heavy atom. The van der Waals surface area contributed by atoms with Crippen LogP contribution in [0.1, 0.15) is 96.8 Å². The second kappa shape index (κ2) is 16.3. The molecule has 0 aliphatic carbocycles. The molecule has 22 heavy (non-hydrogen) atoms. The van der Waals surface area contributed by atoms with Crippen LogP contribution in [-0.2, 0) is 4.79 Å². The molecule has 0 aliphatic heterocycles. The summed E-state index contributed by atoms with van der Waals surface area (Å²) in [6.07, 6.45) is 16.5. The van der Waals surface area contributed by atoms with Crippen molar-refractivity contribution in [2.45, 2.75) is 106 Å². The number of halogens is 2. The van der Waals surface area contributed by atoms with Crippen molar-refractivity contribution in [3.05, 3.63) is 0 Å². The topological polar surface area (TPSA) is 37.3 Å². The van der Waals surface area contributed by atoms with Crippen LogP contribution >= 0.6 is 31.9 Å². The SMILES string of the molecule is CCCCCCCC[C@@H](Br)[C@@H](Br)CCCCCCCC(=O)O. The zero-order valence-electron chi connectivity index (χ0n) is 14.2. The molecule has 1 N–H and O–H groups in total. The summed E-state index contributed by atoms with van der Waals surface area (Å²) >= 11 is 7.64. The Balaban J connectivity index is 3.38. The molecule has 0 spiro atoms. The van der Waals surface area contributed by atoms with Gasteiger partial charge in [-0.1, -0.05) is 103 Å². The Bertz CT molecular complexity index is 259. The number of rotatable bonds is 16. The maximum Gasteiger partial charge on any atom is 0.303 e. The number of hydrogen-bond donors (Lipinski definition) is 1. The quantitative estimate of drug-likeness (QED) is 0.205. The van der Waals surface area contributed by atoms with Crippen molar-refractivity contribution in [3.8, 4) is 0 Å². The summed E-state index contributed by atoms with van der Waals surface area (Å²) in [7, 11) is 0. The molecule has 4 heteroatoms. The predicted molar refractivity (Wildman–Crippen MR) is 103 cm³/mol. The number of carboxylic acids is 1. The van der Waals surface area contributed by atoms with E-state index in [0.717, 1.165) is 19.3 Å². The summed E-state index contributed by atoms with van der Waals surface area (Å²) in [5, 5.41) is 8.57. The molecular weight excluding hydrogens is 408 g/mol. The molecule has 0 saturated heterocycles. The van der Waals surface area contributed by atoms with Crippen molar-refractivity contribution in [2.24, 2.45) is 0 Å². The van der Waals surface area contributed by atoms with Gasteiger partial charge < -0.3 is 5.11 Å². The number of carbonyl (C=O) groups is 1. The van der Waals surface area contributed by atoms with Crippen LogP contribution in [0, 0.1) is 0 Å². The molecule has 2 atom stereocenters. The summed E-state index contributed by atoms with van der Waals surface area (Å²) < 4.78 is 0. The average molecular weight is 442 g/mol. The third-order valence-electron chi connectivity index (χ3n) is 4.10. The highest BCUT2D eigenvalue weighted by molar-refractivity contribution is 9.12. The second-order valence-electron chi connectivity index (χ2n) is 6.29. The zero-order valence-corrected chi connectivity index (χ0v) is 17.3. The van der Waals surface area contributed by atoms with Crippen molar-refractivity contribution < 1.29 is 9.90 Å². The Labute approximate surface area is 154 Å². The second-order valence-corrected chi connectivity index (χ2v) is 8.64. The van der Waals surface area contributed by atoms with E-state index in [1.807, 2.05) is 0 Å². The fraction of sp³-hybridized carbons (Fsp3) is 0.944. The van der Waals surface area contributed by atoms with Gasteiger partial charge >= 0.3 is 5.97 Å². The third-order valence-corrected chi connectivity index (χ3v) is 7.00. The van der Waals surface area contributed by atoms with Crippen molar-refractivity contribution in [1.29, 1.82) is 0 Å². The van der Waals surface area contributed by atoms with Crippen LogP contribution in [0.25, 0.3) is 0 Å². The van der Waals surface area contributed by atoms with Gasteiger partial charge in [0.15, 0.2) is 0 Å². The molecule has 0 unspecified atom stereocenters. The Kier molecular flexibility index (Phi) is 16.6. The summed E-state index contributed by atoms with van der Waals surface area (Å²) in [5.74, 6) is -0.669. The van der Waals surface area contributed by atoms with Gasteiger partial charge in [0.25, 0.3) is 0 Å². The van der Waals surface area contributed by atoms with Crippen molar-refractivity contribution in [1.82, 2.24) is 0 Å². The molecule has 2 nitrogen and oxygen atoms in total. The molecule has 0 rings (SSSR count). The Hall–Kier alpha value is 0.430. The number of hydrogen-bond acceptors (Lipinski definition) is 1. The first-order valence-corrected chi connectivity index (χ1v) is 10.9. The van der Waals surface area contributed by atoms with E-state index in [4.69, 9.17) is 5.11 Å². The highest BCUT2D eigenvalue weighted by atomic mass is 79.9. The van der Waals surface area contributed by atoms with Crippen molar-refractivity contribution in [2.75, 3.05) is 0 Å². The number of unbranched alkanes of at least 4 members (excludes halogenated alkanes) is 9. The minimum atomic E-state index is -0.669. The molecule has 0 saturated carbocycles. The van der Waals surface area contributed by atoms with E-state index in [9.17, 15) is 4.79 Å². The van der Waals surface area contributed by atoms with E-state index < -0.39 is 5.97 Å². The monoisotopic (exact) mass is 440 g/mol. The Morgan fingerprint density at radius 2 is 1.18 bits per heavy atom. The molecule has 0 aromatic carbocycles. The molecule has 0 radical (unpaired) electrons. The standard InChI is InChI=1S/C18H34Br2O2/c1-2-3-4-5-7-10-13-16(19)17(20)14-11-8-6-9-12-15-18(21)22/h16-17H,2-15H2,1H3,(H,21,22)/t16-,17+/m1/s1. The maximum absolute atomic E-state index is 10.4. The van der Waals surface area contributed by atoms with Crippen LogP contribution in [-0.4, -0.2) is 20.7 Å². The third kappa shape index (κ3) is 15.3. The molecule has 0 amide bonds. The van der Waals surface area contributed by atoms with Gasteiger partial charge in [-0.05, 0) is 19.3 Å². The lowest BCUT2D eigenvalue weighted by Gasteiger charge is -2.16. The van der Waals surface area contributed by atoms with Gasteiger partial charge in [-0.3, -0.25) is 4.79 Å². The van der Waals surface area contributed by atoms with Crippen LogP contribution in [0.3, 0.4) is 0 Å². The van der Waals surface area contributed by atoms with Crippen LogP contribution in [0.2, 0.25) is 0 Å². The van der Waals surface area contributed by atoms with E-state index in [1.54, 1.807) is 0 Å². The van der Waals surface area contributed by atoms with Crippen molar-refractivity contribution >= 4 is 37.8 Å². The smallest absolute Gasteiger partial charge is 0.303 e. The molecule has 0 heterocycles. The first kappa shape index (κ1) is 22.4. The summed E-state index contributed by atoms with van der Waals surface area (Å²) in [6, 6.07) is 0. The summed E-state index contributed by atoms with van der Waals surface area (Å²) in [5.41, 5.74) is 0. The Morgan fingerprint density at radius 3 is 1.64 bits per heavy atom. The molecular formula is C18H34Br2O2. The molecule has 0 aromatic rings. The highest BCUT2D eigenvalue weighted by Crippen LogP contribution is 2.25. The molecule has 0 fully saturated rings. The van der Waals surface area contributed by atoms with Gasteiger partial charge in [0.05, 0.1) is 0 Å². The minimum absolute atomic E-state index is 0.322. The largest absolute Gasteiger partial charge is 0.481 e. The van der Waals surface area contributed by atoms with E-state index >= 15 is 0 Å². The van der Waals surface area contributed by atoms with Crippen molar-refractivity contribution in [3.63, 3.8) is 0 Å². The van der Waals surface area contributed by atoms with Crippen LogP contribution in [0.15, 0.2) is 0 Å². The first-order chi connectivity index (χ1) is 10.6. The molecule has 0 aromatic heterocycles. The van der Waals surface area contributed by atoms with E-state index in [0.29, 0.717) is 16.1 Å². The van der Waals surface area contributed by atoms with Crippen LogP contribution < -0.4 is 0 Å². The predicted octanol–water partition coefficient (Wildman–Crippen LogP) is 7.08. The summed E-state index contributed by atoms with van der Waals surface area (Å²) in [4.78, 5) is 11.6. The number of alkyl halides is 2. The van der Waals surface area contributed by atoms with Gasteiger partial charge in [-0.15, -0.1) is 0 Å². The fourth-order valence-corrected chi connectivity index (χ4v) is 3.80. The number of carboxylic acid groups (broad SMARTS) is 1. The van der Waals surface area contributed by atoms with E-state index in [-0.39, 0.29) is 0 Å². The van der Waals surface area contributed by atoms with E-state index in [2.05, 4.69) is 38.8 Å². The minimum Gasteiger partial charge on any atom is -0.481 e. The molecule has 0 aliphatic rings. The molecule has 132 valence electrons. The van der Waals surface area contributed by atoms with Gasteiger partial charge in [-0.2, -0.15) is 0 Å². The number of aliphatic carboxylic acids is 1. The maximum atomic E-state index is 10.4. The lowest BCUT2D eigenvalue weighted by Crippen LogP contribution is -2.13. The first-order valence-electron chi connectivity index (χ1n) is 9.07. The van der Waals surface area contributed by atoms with Gasteiger partial charge in [0, 0.05) is 16.1 Å². The van der Waals surface area contributed by atoms with Gasteiger partial charge in [0.1, 0.15) is 0 Å². The average Bonchev–Trinajstić information content (AvgIpc) is 2.49. The highest BCUT2D eigenvalue weighted by Gasteiger charge is 2.14. The lowest BCUT2D eigenvalue weighted by molar-refractivity contribution is -0.137. The lowest BCUT2D eigenvalue weighted by atomic mass is 10.0. The van der Waals surface area contributed by atoms with Gasteiger partial charge in [-0.25, -0.2) is 0 Å². The zero-order chi connectivity index (χ0) is 16.6. The van der Waals surface area contributed by atoms with Gasteiger partial charge in [0.2, 0.25) is 0 Å². The molecule has 0 bridgehead atoms.